The molecule has 3 aromatic carbocycles. The van der Waals surface area contributed by atoms with Gasteiger partial charge in [-0.1, -0.05) is 6.07 Å². The number of benzene rings is 3. The molecule has 0 aliphatic heterocycles. The van der Waals surface area contributed by atoms with Crippen molar-refractivity contribution >= 4 is 33.2 Å². The lowest BCUT2D eigenvalue weighted by Gasteiger charge is -2.24. The zero-order chi connectivity index (χ0) is 23.3. The molecule has 0 saturated carbocycles. The van der Waals surface area contributed by atoms with Crippen LogP contribution in [-0.4, -0.2) is 33.9 Å². The van der Waals surface area contributed by atoms with E-state index in [9.17, 15) is 22.4 Å². The summed E-state index contributed by atoms with van der Waals surface area (Å²) in [5.74, 6) is -1.43. The molecular weight excluding hydrogens is 437 g/mol. The van der Waals surface area contributed by atoms with Gasteiger partial charge in [-0.15, -0.1) is 0 Å². The molecule has 8 nitrogen and oxygen atoms in total. The maximum Gasteiger partial charge on any atom is 0.264 e. The molecule has 0 aromatic heterocycles. The van der Waals surface area contributed by atoms with E-state index in [4.69, 9.17) is 10.5 Å². The minimum Gasteiger partial charge on any atom is -0.497 e. The number of hydrogen-bond acceptors (Lipinski definition) is 5. The number of sulfonamides is 1. The lowest BCUT2D eigenvalue weighted by molar-refractivity contribution is -0.114. The Balaban J connectivity index is 1.92. The molecule has 0 atom stereocenters. The fourth-order valence-corrected chi connectivity index (χ4v) is 4.30. The van der Waals surface area contributed by atoms with Crippen molar-refractivity contribution in [1.82, 2.24) is 0 Å². The Morgan fingerprint density at radius 3 is 2.28 bits per heavy atom. The fraction of sp³-hybridized carbons (Fsp3) is 0.0909. The van der Waals surface area contributed by atoms with Gasteiger partial charge in [-0.05, 0) is 66.7 Å². The molecule has 32 heavy (non-hydrogen) atoms. The van der Waals surface area contributed by atoms with E-state index in [1.54, 1.807) is 0 Å². The van der Waals surface area contributed by atoms with Crippen LogP contribution in [0.1, 0.15) is 10.4 Å². The SMILES string of the molecule is COc1ccc(S(=O)(=O)N(CC(=O)Nc2cccc(C(N)=O)c2)c2ccc(F)cc2)cc1. The van der Waals surface area contributed by atoms with E-state index >= 15 is 0 Å². The van der Waals surface area contributed by atoms with E-state index in [-0.39, 0.29) is 21.8 Å². The number of anilines is 2. The predicted octanol–water partition coefficient (Wildman–Crippen LogP) is 2.77. The highest BCUT2D eigenvalue weighted by atomic mass is 32.2. The van der Waals surface area contributed by atoms with Gasteiger partial charge in [0.25, 0.3) is 10.0 Å². The van der Waals surface area contributed by atoms with Crippen LogP contribution in [0.4, 0.5) is 15.8 Å². The number of halogens is 1. The van der Waals surface area contributed by atoms with Crippen molar-refractivity contribution in [2.24, 2.45) is 5.73 Å². The third kappa shape index (κ3) is 5.22. The van der Waals surface area contributed by atoms with Crippen molar-refractivity contribution in [3.63, 3.8) is 0 Å². The van der Waals surface area contributed by atoms with E-state index in [0.717, 1.165) is 16.4 Å². The summed E-state index contributed by atoms with van der Waals surface area (Å²) in [6.45, 7) is -0.596. The predicted molar refractivity (Wildman–Crippen MR) is 118 cm³/mol. The number of carbonyl (C=O) groups is 2. The number of nitrogens with two attached hydrogens (primary N) is 1. The average Bonchev–Trinajstić information content (AvgIpc) is 2.78. The van der Waals surface area contributed by atoms with Crippen molar-refractivity contribution in [2.45, 2.75) is 4.90 Å². The molecule has 0 aliphatic carbocycles. The monoisotopic (exact) mass is 457 g/mol. The molecule has 0 aliphatic rings. The normalized spacial score (nSPS) is 10.9. The maximum absolute atomic E-state index is 13.4. The zero-order valence-corrected chi connectivity index (χ0v) is 17.8. The second-order valence-electron chi connectivity index (χ2n) is 6.66. The fourth-order valence-electron chi connectivity index (χ4n) is 2.88. The second-order valence-corrected chi connectivity index (χ2v) is 8.52. The van der Waals surface area contributed by atoms with Crippen LogP contribution in [0.5, 0.6) is 5.75 Å². The van der Waals surface area contributed by atoms with Gasteiger partial charge in [0.1, 0.15) is 18.1 Å². The molecule has 3 N–H and O–H groups in total. The summed E-state index contributed by atoms with van der Waals surface area (Å²) in [7, 11) is -2.73. The van der Waals surface area contributed by atoms with Crippen molar-refractivity contribution in [1.29, 1.82) is 0 Å². The van der Waals surface area contributed by atoms with Crippen molar-refractivity contribution in [3.05, 3.63) is 84.2 Å². The van der Waals surface area contributed by atoms with Gasteiger partial charge < -0.3 is 15.8 Å². The van der Waals surface area contributed by atoms with E-state index in [0.29, 0.717) is 5.75 Å². The molecule has 0 heterocycles. The number of rotatable bonds is 8. The molecule has 10 heteroatoms. The molecule has 166 valence electrons. The van der Waals surface area contributed by atoms with E-state index in [1.165, 1.54) is 67.8 Å². The van der Waals surface area contributed by atoms with Crippen LogP contribution >= 0.6 is 0 Å². The van der Waals surface area contributed by atoms with Crippen molar-refractivity contribution in [2.75, 3.05) is 23.3 Å². The maximum atomic E-state index is 13.4. The molecule has 0 spiro atoms. The molecule has 0 bridgehead atoms. The van der Waals surface area contributed by atoms with E-state index < -0.39 is 34.2 Å². The summed E-state index contributed by atoms with van der Waals surface area (Å²) in [5, 5.41) is 2.54. The van der Waals surface area contributed by atoms with Crippen LogP contribution < -0.4 is 20.1 Å². The van der Waals surface area contributed by atoms with Gasteiger partial charge in [-0.3, -0.25) is 13.9 Å². The summed E-state index contributed by atoms with van der Waals surface area (Å²) in [6.07, 6.45) is 0. The standard InChI is InChI=1S/C22H20FN3O5S/c1-31-19-9-11-20(12-10-19)32(29,30)26(18-7-5-16(23)6-8-18)14-21(27)25-17-4-2-3-15(13-17)22(24)28/h2-13H,14H2,1H3,(H2,24,28)(H,25,27). The first-order valence-corrected chi connectivity index (χ1v) is 10.8. The van der Waals surface area contributed by atoms with Crippen LogP contribution in [0.2, 0.25) is 0 Å². The number of primary amides is 1. The summed E-state index contributed by atoms with van der Waals surface area (Å²) in [4.78, 5) is 24.0. The molecule has 0 radical (unpaired) electrons. The Hall–Kier alpha value is -3.92. The number of hydrogen-bond donors (Lipinski definition) is 2. The van der Waals surface area contributed by atoms with Crippen LogP contribution in [0, 0.1) is 5.82 Å². The van der Waals surface area contributed by atoms with Gasteiger partial charge in [-0.2, -0.15) is 0 Å². The Morgan fingerprint density at radius 1 is 1.03 bits per heavy atom. The highest BCUT2D eigenvalue weighted by Gasteiger charge is 2.27. The highest BCUT2D eigenvalue weighted by molar-refractivity contribution is 7.92. The van der Waals surface area contributed by atoms with Gasteiger partial charge >= 0.3 is 0 Å². The summed E-state index contributed by atoms with van der Waals surface area (Å²) in [5.41, 5.74) is 5.80. The quantitative estimate of drug-likeness (QED) is 0.539. The minimum absolute atomic E-state index is 0.0776. The van der Waals surface area contributed by atoms with Gasteiger partial charge in [0, 0.05) is 11.3 Å². The number of nitrogens with one attached hydrogen (secondary N) is 1. The average molecular weight is 457 g/mol. The van der Waals surface area contributed by atoms with E-state index in [2.05, 4.69) is 5.32 Å². The lowest BCUT2D eigenvalue weighted by atomic mass is 10.2. The number of amides is 2. The Bertz CT molecular complexity index is 1230. The second kappa shape index (κ2) is 9.48. The molecule has 0 saturated heterocycles. The molecule has 3 aromatic rings. The largest absolute Gasteiger partial charge is 0.497 e. The molecule has 0 unspecified atom stereocenters. The first kappa shape index (κ1) is 22.8. The van der Waals surface area contributed by atoms with Crippen molar-refractivity contribution < 1.29 is 27.1 Å². The van der Waals surface area contributed by atoms with Gasteiger partial charge in [0.15, 0.2) is 0 Å². The smallest absolute Gasteiger partial charge is 0.264 e. The minimum atomic E-state index is -4.18. The highest BCUT2D eigenvalue weighted by Crippen LogP contribution is 2.25. The topological polar surface area (TPSA) is 119 Å². The first-order chi connectivity index (χ1) is 15.2. The van der Waals surface area contributed by atoms with E-state index in [1.807, 2.05) is 0 Å². The summed E-state index contributed by atoms with van der Waals surface area (Å²) < 4.78 is 45.9. The Labute approximate surface area is 184 Å². The lowest BCUT2D eigenvalue weighted by Crippen LogP contribution is -2.38. The molecule has 0 fully saturated rings. The summed E-state index contributed by atoms with van der Waals surface area (Å²) >= 11 is 0. The summed E-state index contributed by atoms with van der Waals surface area (Å²) in [6, 6.07) is 16.3. The Kier molecular flexibility index (Phi) is 6.74. The van der Waals surface area contributed by atoms with Gasteiger partial charge in [0.05, 0.1) is 17.7 Å². The molecule has 2 amide bonds. The van der Waals surface area contributed by atoms with Crippen LogP contribution in [0.3, 0.4) is 0 Å². The van der Waals surface area contributed by atoms with Gasteiger partial charge in [-0.25, -0.2) is 12.8 Å². The zero-order valence-electron chi connectivity index (χ0n) is 17.0. The third-order valence-electron chi connectivity index (χ3n) is 4.48. The number of carbonyl (C=O) groups excluding carboxylic acids is 2. The first-order valence-electron chi connectivity index (χ1n) is 9.33. The Morgan fingerprint density at radius 2 is 1.69 bits per heavy atom. The van der Waals surface area contributed by atoms with Crippen molar-refractivity contribution in [3.8, 4) is 5.75 Å². The molecular formula is C22H20FN3O5S. The van der Waals surface area contributed by atoms with Crippen LogP contribution in [0.15, 0.2) is 77.7 Å². The van der Waals surface area contributed by atoms with Crippen LogP contribution in [-0.2, 0) is 14.8 Å². The number of ether oxygens (including phenoxy) is 1. The van der Waals surface area contributed by atoms with Gasteiger partial charge in [0.2, 0.25) is 11.8 Å². The third-order valence-corrected chi connectivity index (χ3v) is 6.27. The van der Waals surface area contributed by atoms with Crippen LogP contribution in [0.25, 0.3) is 0 Å². The molecule has 3 rings (SSSR count). The number of methoxy groups -OCH3 is 1. The number of nitrogens with zero attached hydrogens (tertiary/aromatic N) is 1.